The molecule has 184 valence electrons. The van der Waals surface area contributed by atoms with Crippen LogP contribution >= 0.6 is 23.2 Å². The summed E-state index contributed by atoms with van der Waals surface area (Å²) in [6.07, 6.45) is 2.72. The summed E-state index contributed by atoms with van der Waals surface area (Å²) in [5.41, 5.74) is 2.58. The van der Waals surface area contributed by atoms with E-state index in [1.54, 1.807) is 35.1 Å². The van der Waals surface area contributed by atoms with Crippen molar-refractivity contribution in [2.45, 2.75) is 11.3 Å². The highest BCUT2D eigenvalue weighted by Gasteiger charge is 2.20. The van der Waals surface area contributed by atoms with Crippen LogP contribution in [0.3, 0.4) is 0 Å². The van der Waals surface area contributed by atoms with Gasteiger partial charge in [-0.2, -0.15) is 10.1 Å². The number of nitrogens with zero attached hydrogens (tertiary/aromatic N) is 5. The van der Waals surface area contributed by atoms with Crippen LogP contribution in [0.1, 0.15) is 6.42 Å². The number of hydrogen-bond acceptors (Lipinski definition) is 7. The van der Waals surface area contributed by atoms with Crippen LogP contribution in [-0.2, 0) is 17.1 Å². The Labute approximate surface area is 214 Å². The zero-order valence-corrected chi connectivity index (χ0v) is 21.8. The number of fused-ring (bicyclic) bond motifs is 1. The molecule has 0 radical (unpaired) electrons. The quantitative estimate of drug-likeness (QED) is 0.305. The van der Waals surface area contributed by atoms with E-state index >= 15 is 0 Å². The van der Waals surface area contributed by atoms with Crippen molar-refractivity contribution < 1.29 is 8.42 Å². The number of rotatable bonds is 9. The van der Waals surface area contributed by atoms with Gasteiger partial charge in [-0.1, -0.05) is 41.4 Å². The number of halogens is 2. The Morgan fingerprint density at radius 1 is 1.09 bits per heavy atom. The van der Waals surface area contributed by atoms with Gasteiger partial charge < -0.3 is 10.2 Å². The lowest BCUT2D eigenvalue weighted by molar-refractivity contribution is 0.405. The van der Waals surface area contributed by atoms with Gasteiger partial charge >= 0.3 is 0 Å². The van der Waals surface area contributed by atoms with Gasteiger partial charge in [-0.05, 0) is 51.3 Å². The van der Waals surface area contributed by atoms with Crippen LogP contribution in [0.5, 0.6) is 0 Å². The SMILES string of the molecule is CN(C)CCCNc1ncc2c(-c3ccc(NS(=O)(=O)c4cccc(Cl)c4Cl)cc3)nn(C)c2n1. The van der Waals surface area contributed by atoms with E-state index in [1.165, 1.54) is 18.2 Å². The van der Waals surface area contributed by atoms with E-state index in [0.717, 1.165) is 30.5 Å². The normalized spacial score (nSPS) is 11.8. The second-order valence-electron chi connectivity index (χ2n) is 8.22. The number of nitrogens with one attached hydrogen (secondary N) is 2. The summed E-state index contributed by atoms with van der Waals surface area (Å²) in [7, 11) is 1.99. The highest BCUT2D eigenvalue weighted by molar-refractivity contribution is 7.92. The van der Waals surface area contributed by atoms with Crippen LogP contribution in [0, 0.1) is 0 Å². The molecule has 2 aromatic carbocycles. The van der Waals surface area contributed by atoms with Crippen molar-refractivity contribution in [2.75, 3.05) is 37.2 Å². The molecule has 4 rings (SSSR count). The summed E-state index contributed by atoms with van der Waals surface area (Å²) in [6.45, 7) is 1.75. The van der Waals surface area contributed by atoms with Crippen molar-refractivity contribution in [1.82, 2.24) is 24.6 Å². The second kappa shape index (κ2) is 10.4. The molecule has 0 amide bonds. The summed E-state index contributed by atoms with van der Waals surface area (Å²) >= 11 is 12.1. The molecule has 12 heteroatoms. The van der Waals surface area contributed by atoms with Gasteiger partial charge in [0.1, 0.15) is 10.6 Å². The molecule has 0 saturated heterocycles. The smallest absolute Gasteiger partial charge is 0.263 e. The highest BCUT2D eigenvalue weighted by Crippen LogP contribution is 2.31. The molecule has 0 aliphatic heterocycles. The van der Waals surface area contributed by atoms with E-state index in [1.807, 2.05) is 21.1 Å². The third-order valence-electron chi connectivity index (χ3n) is 5.26. The number of anilines is 2. The fourth-order valence-electron chi connectivity index (χ4n) is 3.53. The van der Waals surface area contributed by atoms with Gasteiger partial charge in [-0.15, -0.1) is 0 Å². The molecule has 35 heavy (non-hydrogen) atoms. The van der Waals surface area contributed by atoms with Crippen molar-refractivity contribution in [2.24, 2.45) is 7.05 Å². The molecular formula is C23H25Cl2N7O2S. The number of hydrogen-bond donors (Lipinski definition) is 2. The van der Waals surface area contributed by atoms with Crippen molar-refractivity contribution in [1.29, 1.82) is 0 Å². The summed E-state index contributed by atoms with van der Waals surface area (Å²) in [5.74, 6) is 0.551. The Hall–Kier alpha value is -2.92. The summed E-state index contributed by atoms with van der Waals surface area (Å²) in [6, 6.07) is 11.4. The third kappa shape index (κ3) is 5.67. The molecule has 0 unspecified atom stereocenters. The Morgan fingerprint density at radius 3 is 2.54 bits per heavy atom. The lowest BCUT2D eigenvalue weighted by Gasteiger charge is -2.10. The minimum Gasteiger partial charge on any atom is -0.354 e. The summed E-state index contributed by atoms with van der Waals surface area (Å²) in [5, 5.41) is 8.79. The zero-order chi connectivity index (χ0) is 25.2. The van der Waals surface area contributed by atoms with Gasteiger partial charge in [0, 0.05) is 31.0 Å². The Balaban J connectivity index is 1.53. The number of aromatic nitrogens is 4. The maximum atomic E-state index is 12.8. The molecule has 0 aliphatic rings. The largest absolute Gasteiger partial charge is 0.354 e. The Kier molecular flexibility index (Phi) is 7.46. The van der Waals surface area contributed by atoms with Crippen LogP contribution < -0.4 is 10.0 Å². The van der Waals surface area contributed by atoms with Gasteiger partial charge in [0.05, 0.1) is 15.4 Å². The van der Waals surface area contributed by atoms with Gasteiger partial charge in [0.25, 0.3) is 10.0 Å². The van der Waals surface area contributed by atoms with Crippen molar-refractivity contribution in [3.05, 3.63) is 58.7 Å². The fraction of sp³-hybridized carbons (Fsp3) is 0.261. The minimum absolute atomic E-state index is 0.0233. The Bertz CT molecular complexity index is 1460. The standard InChI is InChI=1S/C23H25Cl2N7O2S/c1-31(2)13-5-12-26-23-27-14-17-21(29-32(3)22(17)28-23)15-8-10-16(11-9-15)30-35(33,34)19-7-4-6-18(24)20(19)25/h4,6-11,14,30H,5,12-13H2,1-3H3,(H,26,27,28). The summed E-state index contributed by atoms with van der Waals surface area (Å²) < 4.78 is 29.8. The molecular weight excluding hydrogens is 509 g/mol. The molecule has 9 nitrogen and oxygen atoms in total. The highest BCUT2D eigenvalue weighted by atomic mass is 35.5. The fourth-order valence-corrected chi connectivity index (χ4v) is 5.35. The Morgan fingerprint density at radius 2 is 1.83 bits per heavy atom. The molecule has 0 saturated carbocycles. The van der Waals surface area contributed by atoms with Crippen LogP contribution in [0.25, 0.3) is 22.3 Å². The number of sulfonamides is 1. The van der Waals surface area contributed by atoms with E-state index in [0.29, 0.717) is 23.0 Å². The maximum absolute atomic E-state index is 12.8. The first-order chi connectivity index (χ1) is 16.7. The van der Waals surface area contributed by atoms with Crippen molar-refractivity contribution >= 4 is 55.9 Å². The van der Waals surface area contributed by atoms with Crippen LogP contribution in [0.15, 0.2) is 53.6 Å². The van der Waals surface area contributed by atoms with Gasteiger partial charge in [-0.3, -0.25) is 4.72 Å². The van der Waals surface area contributed by atoms with Crippen molar-refractivity contribution in [3.8, 4) is 11.3 Å². The van der Waals surface area contributed by atoms with Crippen LogP contribution in [0.4, 0.5) is 11.6 Å². The number of aryl methyl sites for hydroxylation is 1. The van der Waals surface area contributed by atoms with E-state index < -0.39 is 10.0 Å². The molecule has 0 atom stereocenters. The third-order valence-corrected chi connectivity index (χ3v) is 7.62. The van der Waals surface area contributed by atoms with E-state index in [4.69, 9.17) is 23.2 Å². The molecule has 0 spiro atoms. The van der Waals surface area contributed by atoms with Crippen LogP contribution in [0.2, 0.25) is 10.0 Å². The predicted octanol–water partition coefficient (Wildman–Crippen LogP) is 4.50. The molecule has 2 aromatic heterocycles. The molecule has 2 heterocycles. The molecule has 0 fully saturated rings. The van der Waals surface area contributed by atoms with Gasteiger partial charge in [-0.25, -0.2) is 18.1 Å². The first-order valence-corrected chi connectivity index (χ1v) is 13.1. The van der Waals surface area contributed by atoms with Crippen LogP contribution in [-0.4, -0.2) is 60.3 Å². The molecule has 2 N–H and O–H groups in total. The second-order valence-corrected chi connectivity index (χ2v) is 10.7. The topological polar surface area (TPSA) is 105 Å². The average Bonchev–Trinajstić information content (AvgIpc) is 3.14. The predicted molar refractivity (Wildman–Crippen MR) is 141 cm³/mol. The average molecular weight is 534 g/mol. The maximum Gasteiger partial charge on any atom is 0.263 e. The number of benzene rings is 2. The zero-order valence-electron chi connectivity index (χ0n) is 19.5. The van der Waals surface area contributed by atoms with E-state index in [2.05, 4.69) is 30.0 Å². The molecule has 0 bridgehead atoms. The van der Waals surface area contributed by atoms with E-state index in [-0.39, 0.29) is 14.9 Å². The monoisotopic (exact) mass is 533 g/mol. The van der Waals surface area contributed by atoms with E-state index in [9.17, 15) is 8.42 Å². The van der Waals surface area contributed by atoms with Gasteiger partial charge in [0.2, 0.25) is 5.95 Å². The first-order valence-electron chi connectivity index (χ1n) is 10.8. The van der Waals surface area contributed by atoms with Gasteiger partial charge in [0.15, 0.2) is 5.65 Å². The lowest BCUT2D eigenvalue weighted by atomic mass is 10.1. The van der Waals surface area contributed by atoms with Crippen molar-refractivity contribution in [3.63, 3.8) is 0 Å². The first kappa shape index (κ1) is 25.2. The minimum atomic E-state index is -3.91. The molecule has 4 aromatic rings. The summed E-state index contributed by atoms with van der Waals surface area (Å²) in [4.78, 5) is 11.1. The lowest BCUT2D eigenvalue weighted by Crippen LogP contribution is -2.17. The molecule has 0 aliphatic carbocycles.